The average molecular weight is 326 g/mol. The quantitative estimate of drug-likeness (QED) is 0.931. The van der Waals surface area contributed by atoms with Crippen LogP contribution in [0.1, 0.15) is 30.8 Å². The summed E-state index contributed by atoms with van der Waals surface area (Å²) in [6, 6.07) is 4.10. The van der Waals surface area contributed by atoms with Crippen molar-refractivity contribution in [2.45, 2.75) is 26.2 Å². The van der Waals surface area contributed by atoms with Crippen molar-refractivity contribution >= 4 is 27.3 Å². The molecule has 2 rings (SSSR count). The molecule has 0 fully saturated rings. The van der Waals surface area contributed by atoms with Crippen LogP contribution in [0, 0.1) is 6.92 Å². The zero-order chi connectivity index (χ0) is 13.1. The number of nitrogens with two attached hydrogens (primary N) is 1. The van der Waals surface area contributed by atoms with E-state index in [4.69, 9.17) is 5.73 Å². The van der Waals surface area contributed by atoms with Crippen LogP contribution in [-0.2, 0) is 0 Å². The van der Waals surface area contributed by atoms with Crippen LogP contribution in [0.4, 0.5) is 0 Å². The maximum atomic E-state index is 5.77. The third-order valence-corrected chi connectivity index (χ3v) is 4.55. The highest BCUT2D eigenvalue weighted by molar-refractivity contribution is 9.10. The molecule has 0 saturated heterocycles. The molecule has 0 aliphatic carbocycles. The molecule has 0 bridgehead atoms. The van der Waals surface area contributed by atoms with Crippen molar-refractivity contribution in [1.29, 1.82) is 0 Å². The third-order valence-electron chi connectivity index (χ3n) is 2.83. The normalized spacial score (nSPS) is 12.7. The largest absolute Gasteiger partial charge is 0.330 e. The summed E-state index contributed by atoms with van der Waals surface area (Å²) in [6.07, 6.45) is 0.966. The van der Waals surface area contributed by atoms with Crippen molar-refractivity contribution in [2.24, 2.45) is 5.73 Å². The summed E-state index contributed by atoms with van der Waals surface area (Å²) in [6.45, 7) is 4.71. The minimum atomic E-state index is 0.243. The van der Waals surface area contributed by atoms with E-state index in [1.165, 1.54) is 0 Å². The van der Waals surface area contributed by atoms with E-state index < -0.39 is 0 Å². The van der Waals surface area contributed by atoms with E-state index in [0.717, 1.165) is 33.0 Å². The Labute approximate surface area is 120 Å². The first-order valence-corrected chi connectivity index (χ1v) is 7.61. The van der Waals surface area contributed by atoms with Gasteiger partial charge >= 0.3 is 0 Å². The predicted molar refractivity (Wildman–Crippen MR) is 79.9 cm³/mol. The molecule has 0 saturated carbocycles. The molecule has 18 heavy (non-hydrogen) atoms. The molecule has 0 spiro atoms. The second kappa shape index (κ2) is 5.91. The fourth-order valence-electron chi connectivity index (χ4n) is 1.80. The highest BCUT2D eigenvalue weighted by atomic mass is 79.9. The molecule has 1 atom stereocenters. The number of thiophene rings is 1. The van der Waals surface area contributed by atoms with Gasteiger partial charge in [0.1, 0.15) is 5.82 Å². The molecular weight excluding hydrogens is 310 g/mol. The van der Waals surface area contributed by atoms with Gasteiger partial charge in [-0.15, -0.1) is 11.3 Å². The first-order chi connectivity index (χ1) is 8.63. The first-order valence-electron chi connectivity index (χ1n) is 5.94. The Morgan fingerprint density at radius 2 is 2.17 bits per heavy atom. The molecule has 0 aliphatic heterocycles. The molecule has 2 N–H and O–H groups in total. The van der Waals surface area contributed by atoms with Crippen LogP contribution in [0.2, 0.25) is 0 Å². The number of aryl methyl sites for hydroxylation is 1. The molecule has 96 valence electrons. The lowest BCUT2D eigenvalue weighted by Crippen LogP contribution is -2.15. The Morgan fingerprint density at radius 3 is 2.72 bits per heavy atom. The molecule has 1 unspecified atom stereocenters. The van der Waals surface area contributed by atoms with Crippen LogP contribution in [0.25, 0.3) is 10.6 Å². The van der Waals surface area contributed by atoms with Gasteiger partial charge < -0.3 is 5.73 Å². The maximum Gasteiger partial charge on any atom is 0.133 e. The van der Waals surface area contributed by atoms with Crippen molar-refractivity contribution < 1.29 is 0 Å². The molecule has 2 aromatic heterocycles. The molecule has 0 aromatic carbocycles. The number of hydrogen-bond acceptors (Lipinski definition) is 4. The summed E-state index contributed by atoms with van der Waals surface area (Å²) in [5.41, 5.74) is 7.75. The summed E-state index contributed by atoms with van der Waals surface area (Å²) in [7, 11) is 0. The van der Waals surface area contributed by atoms with Gasteiger partial charge in [0.25, 0.3) is 0 Å². The SMILES string of the molecule is CCC(CN)c1nc(C)cc(-c2cc(Br)cs2)n1. The molecule has 3 nitrogen and oxygen atoms in total. The van der Waals surface area contributed by atoms with Gasteiger partial charge in [-0.2, -0.15) is 0 Å². The number of halogens is 1. The minimum absolute atomic E-state index is 0.243. The van der Waals surface area contributed by atoms with E-state index in [-0.39, 0.29) is 5.92 Å². The number of aromatic nitrogens is 2. The molecule has 0 aliphatic rings. The van der Waals surface area contributed by atoms with Crippen LogP contribution in [0.5, 0.6) is 0 Å². The highest BCUT2D eigenvalue weighted by Crippen LogP contribution is 2.29. The summed E-state index contributed by atoms with van der Waals surface area (Å²) in [4.78, 5) is 10.3. The van der Waals surface area contributed by atoms with Gasteiger partial charge in [0, 0.05) is 28.0 Å². The zero-order valence-electron chi connectivity index (χ0n) is 10.5. The lowest BCUT2D eigenvalue weighted by Gasteiger charge is -2.12. The van der Waals surface area contributed by atoms with Crippen molar-refractivity contribution in [1.82, 2.24) is 9.97 Å². The van der Waals surface area contributed by atoms with Crippen molar-refractivity contribution in [2.75, 3.05) is 6.54 Å². The van der Waals surface area contributed by atoms with E-state index in [1.54, 1.807) is 11.3 Å². The number of nitrogens with zero attached hydrogens (tertiary/aromatic N) is 2. The van der Waals surface area contributed by atoms with E-state index in [0.29, 0.717) is 6.54 Å². The standard InChI is InChI=1S/C13H16BrN3S/c1-3-9(6-15)13-16-8(2)4-11(17-13)12-5-10(14)7-18-12/h4-5,7,9H,3,6,15H2,1-2H3. The van der Waals surface area contributed by atoms with Crippen LogP contribution < -0.4 is 5.73 Å². The number of hydrogen-bond donors (Lipinski definition) is 1. The van der Waals surface area contributed by atoms with E-state index in [9.17, 15) is 0 Å². The minimum Gasteiger partial charge on any atom is -0.330 e. The lowest BCUT2D eigenvalue weighted by molar-refractivity contribution is 0.629. The second-order valence-electron chi connectivity index (χ2n) is 4.22. The van der Waals surface area contributed by atoms with Crippen LogP contribution in [0.3, 0.4) is 0 Å². The summed E-state index contributed by atoms with van der Waals surface area (Å²) >= 11 is 5.15. The Bertz CT molecular complexity index is 535. The Kier molecular flexibility index (Phi) is 4.48. The van der Waals surface area contributed by atoms with E-state index in [2.05, 4.69) is 44.3 Å². The predicted octanol–water partition coefficient (Wildman–Crippen LogP) is 3.73. The third kappa shape index (κ3) is 2.96. The molecule has 2 heterocycles. The van der Waals surface area contributed by atoms with Gasteiger partial charge in [-0.1, -0.05) is 6.92 Å². The van der Waals surface area contributed by atoms with Crippen molar-refractivity contribution in [3.05, 3.63) is 33.5 Å². The van der Waals surface area contributed by atoms with Crippen LogP contribution in [-0.4, -0.2) is 16.5 Å². The van der Waals surface area contributed by atoms with Crippen molar-refractivity contribution in [3.8, 4) is 10.6 Å². The van der Waals surface area contributed by atoms with Crippen LogP contribution >= 0.6 is 27.3 Å². The lowest BCUT2D eigenvalue weighted by atomic mass is 10.1. The summed E-state index contributed by atoms with van der Waals surface area (Å²) < 4.78 is 1.09. The second-order valence-corrected chi connectivity index (χ2v) is 6.05. The van der Waals surface area contributed by atoms with Gasteiger partial charge in [-0.3, -0.25) is 0 Å². The van der Waals surface area contributed by atoms with Crippen LogP contribution in [0.15, 0.2) is 22.0 Å². The zero-order valence-corrected chi connectivity index (χ0v) is 12.9. The van der Waals surface area contributed by atoms with Crippen molar-refractivity contribution in [3.63, 3.8) is 0 Å². The van der Waals surface area contributed by atoms with Gasteiger partial charge in [-0.25, -0.2) is 9.97 Å². The van der Waals surface area contributed by atoms with Gasteiger partial charge in [0.2, 0.25) is 0 Å². The molecule has 0 radical (unpaired) electrons. The summed E-state index contributed by atoms with van der Waals surface area (Å²) in [5.74, 6) is 1.10. The molecule has 2 aromatic rings. The average Bonchev–Trinajstić information content (AvgIpc) is 2.77. The smallest absolute Gasteiger partial charge is 0.133 e. The summed E-state index contributed by atoms with van der Waals surface area (Å²) in [5, 5.41) is 2.06. The Balaban J connectivity index is 2.43. The molecular formula is C13H16BrN3S. The highest BCUT2D eigenvalue weighted by Gasteiger charge is 2.13. The Morgan fingerprint density at radius 1 is 1.39 bits per heavy atom. The first kappa shape index (κ1) is 13.6. The monoisotopic (exact) mass is 325 g/mol. The Hall–Kier alpha value is -0.780. The van der Waals surface area contributed by atoms with Gasteiger partial charge in [0.15, 0.2) is 0 Å². The number of rotatable bonds is 4. The van der Waals surface area contributed by atoms with Gasteiger partial charge in [-0.05, 0) is 41.4 Å². The van der Waals surface area contributed by atoms with E-state index in [1.807, 2.05) is 13.0 Å². The molecule has 0 amide bonds. The molecule has 5 heteroatoms. The topological polar surface area (TPSA) is 51.8 Å². The maximum absolute atomic E-state index is 5.77. The van der Waals surface area contributed by atoms with E-state index >= 15 is 0 Å². The fraction of sp³-hybridized carbons (Fsp3) is 0.385. The van der Waals surface area contributed by atoms with Gasteiger partial charge in [0.05, 0.1) is 10.6 Å². The fourth-order valence-corrected chi connectivity index (χ4v) is 3.19.